The summed E-state index contributed by atoms with van der Waals surface area (Å²) in [5.41, 5.74) is 4.88. The van der Waals surface area contributed by atoms with Crippen LogP contribution in [0.4, 0.5) is 0 Å². The Balaban J connectivity index is 1.57. The summed E-state index contributed by atoms with van der Waals surface area (Å²) < 4.78 is 5.34. The lowest BCUT2D eigenvalue weighted by Crippen LogP contribution is -2.44. The number of carbonyl (C=O) groups is 2. The van der Waals surface area contributed by atoms with Crippen molar-refractivity contribution in [2.24, 2.45) is 0 Å². The van der Waals surface area contributed by atoms with Gasteiger partial charge < -0.3 is 4.42 Å². The van der Waals surface area contributed by atoms with Gasteiger partial charge in [0.1, 0.15) is 5.76 Å². The molecule has 3 heterocycles. The zero-order chi connectivity index (χ0) is 19.0. The average Bonchev–Trinajstić information content (AvgIpc) is 3.20. The van der Waals surface area contributed by atoms with Gasteiger partial charge in [0.05, 0.1) is 39.7 Å². The molecule has 1 N–H and O–H groups in total. The number of hydrazine groups is 1. The molecule has 4 rings (SSSR count). The van der Waals surface area contributed by atoms with Gasteiger partial charge in [-0.05, 0) is 43.4 Å². The topological polar surface area (TPSA) is 88.3 Å². The molecule has 134 valence electrons. The van der Waals surface area contributed by atoms with E-state index in [0.717, 1.165) is 27.8 Å². The van der Waals surface area contributed by atoms with Gasteiger partial charge in [-0.3, -0.25) is 20.0 Å². The van der Waals surface area contributed by atoms with Crippen molar-refractivity contribution >= 4 is 57.2 Å². The van der Waals surface area contributed by atoms with Crippen LogP contribution in [0.15, 0.2) is 52.1 Å². The van der Waals surface area contributed by atoms with E-state index in [9.17, 15) is 9.59 Å². The monoisotopic (exact) mass is 396 g/mol. The minimum Gasteiger partial charge on any atom is -0.469 e. The fourth-order valence-corrected chi connectivity index (χ4v) is 3.69. The standard InChI is InChI=1S/C18H12N4O3S2/c1-10-12(6-7-25-10)16(23)21-22-17(24)15(27-18(22)26)8-11-9-19-13-4-2-3-5-14(13)20-11/h2-9H,1H3,(H,21,23). The van der Waals surface area contributed by atoms with E-state index < -0.39 is 11.8 Å². The van der Waals surface area contributed by atoms with Crippen molar-refractivity contribution in [1.29, 1.82) is 0 Å². The molecule has 0 unspecified atom stereocenters. The summed E-state index contributed by atoms with van der Waals surface area (Å²) in [6.45, 7) is 1.66. The molecule has 3 aromatic rings. The highest BCUT2D eigenvalue weighted by Gasteiger charge is 2.34. The molecule has 1 aliphatic rings. The number of rotatable bonds is 3. The maximum absolute atomic E-state index is 12.6. The van der Waals surface area contributed by atoms with Gasteiger partial charge >= 0.3 is 0 Å². The Morgan fingerprint density at radius 1 is 1.30 bits per heavy atom. The molecule has 0 saturated carbocycles. The first-order valence-electron chi connectivity index (χ1n) is 7.88. The second kappa shape index (κ2) is 6.93. The van der Waals surface area contributed by atoms with E-state index in [1.54, 1.807) is 19.2 Å². The SMILES string of the molecule is Cc1occc1C(=O)NN1C(=O)C(=Cc2cnc3ccccc3n2)SC1=S. The van der Waals surface area contributed by atoms with Crippen molar-refractivity contribution < 1.29 is 14.0 Å². The van der Waals surface area contributed by atoms with Crippen molar-refractivity contribution in [2.45, 2.75) is 6.92 Å². The Morgan fingerprint density at radius 3 is 2.81 bits per heavy atom. The largest absolute Gasteiger partial charge is 0.469 e. The number of nitrogens with one attached hydrogen (secondary N) is 1. The maximum atomic E-state index is 12.6. The maximum Gasteiger partial charge on any atom is 0.285 e. The fraction of sp³-hybridized carbons (Fsp3) is 0.0556. The molecule has 0 atom stereocenters. The summed E-state index contributed by atoms with van der Waals surface area (Å²) in [4.78, 5) is 34.1. The summed E-state index contributed by atoms with van der Waals surface area (Å²) in [6, 6.07) is 8.99. The minimum absolute atomic E-state index is 0.231. The van der Waals surface area contributed by atoms with Crippen LogP contribution in [-0.2, 0) is 4.79 Å². The Morgan fingerprint density at radius 2 is 2.07 bits per heavy atom. The molecular formula is C18H12N4O3S2. The second-order valence-corrected chi connectivity index (χ2v) is 7.31. The molecule has 0 bridgehead atoms. The van der Waals surface area contributed by atoms with E-state index in [1.165, 1.54) is 12.3 Å². The highest BCUT2D eigenvalue weighted by molar-refractivity contribution is 8.26. The molecule has 1 aliphatic heterocycles. The first kappa shape index (κ1) is 17.4. The van der Waals surface area contributed by atoms with Crippen LogP contribution in [0, 0.1) is 6.92 Å². The number of aromatic nitrogens is 2. The second-order valence-electron chi connectivity index (χ2n) is 5.63. The zero-order valence-electron chi connectivity index (χ0n) is 14.0. The Bertz CT molecular complexity index is 1120. The van der Waals surface area contributed by atoms with Crippen molar-refractivity contribution in [1.82, 2.24) is 20.4 Å². The van der Waals surface area contributed by atoms with E-state index in [-0.39, 0.29) is 4.32 Å². The molecule has 2 amide bonds. The van der Waals surface area contributed by atoms with E-state index in [2.05, 4.69) is 15.4 Å². The van der Waals surface area contributed by atoms with E-state index in [1.807, 2.05) is 24.3 Å². The number of aryl methyl sites for hydroxylation is 1. The highest BCUT2D eigenvalue weighted by Crippen LogP contribution is 2.31. The zero-order valence-corrected chi connectivity index (χ0v) is 15.6. The number of nitrogens with zero attached hydrogens (tertiary/aromatic N) is 3. The van der Waals surface area contributed by atoms with Gasteiger partial charge in [0.25, 0.3) is 11.8 Å². The van der Waals surface area contributed by atoms with Gasteiger partial charge in [-0.25, -0.2) is 4.98 Å². The normalized spacial score (nSPS) is 15.7. The Hall–Kier alpha value is -3.04. The van der Waals surface area contributed by atoms with Crippen molar-refractivity contribution in [3.05, 3.63) is 64.7 Å². The minimum atomic E-state index is -0.468. The third-order valence-corrected chi connectivity index (χ3v) is 5.16. The van der Waals surface area contributed by atoms with Crippen LogP contribution in [0.1, 0.15) is 21.8 Å². The van der Waals surface area contributed by atoms with Crippen LogP contribution in [-0.4, -0.2) is 31.1 Å². The molecule has 27 heavy (non-hydrogen) atoms. The molecular weight excluding hydrogens is 384 g/mol. The molecule has 9 heteroatoms. The number of para-hydroxylation sites is 2. The molecule has 2 aromatic heterocycles. The van der Waals surface area contributed by atoms with Gasteiger partial charge in [0.2, 0.25) is 0 Å². The Kier molecular flexibility index (Phi) is 4.46. The number of carbonyl (C=O) groups excluding carboxylic acids is 2. The van der Waals surface area contributed by atoms with Crippen molar-refractivity contribution in [3.8, 4) is 0 Å². The quantitative estimate of drug-likeness (QED) is 0.538. The number of amides is 2. The number of thiocarbonyl (C=S) groups is 1. The molecule has 1 fully saturated rings. The number of thioether (sulfide) groups is 1. The lowest BCUT2D eigenvalue weighted by atomic mass is 10.2. The van der Waals surface area contributed by atoms with E-state index in [4.69, 9.17) is 16.6 Å². The first-order valence-corrected chi connectivity index (χ1v) is 9.10. The molecule has 7 nitrogen and oxygen atoms in total. The summed E-state index contributed by atoms with van der Waals surface area (Å²) in [6.07, 6.45) is 4.60. The number of furan rings is 1. The molecule has 0 radical (unpaired) electrons. The van der Waals surface area contributed by atoms with Crippen LogP contribution >= 0.6 is 24.0 Å². The van der Waals surface area contributed by atoms with Crippen molar-refractivity contribution in [2.75, 3.05) is 0 Å². The molecule has 0 spiro atoms. The van der Waals surface area contributed by atoms with Crippen LogP contribution in [0.2, 0.25) is 0 Å². The Labute approximate surface area is 163 Å². The van der Waals surface area contributed by atoms with Crippen LogP contribution in [0.25, 0.3) is 17.1 Å². The predicted molar refractivity (Wildman–Crippen MR) is 105 cm³/mol. The number of hydrogen-bond donors (Lipinski definition) is 1. The van der Waals surface area contributed by atoms with Gasteiger partial charge in [0, 0.05) is 0 Å². The van der Waals surface area contributed by atoms with Crippen LogP contribution in [0.5, 0.6) is 0 Å². The van der Waals surface area contributed by atoms with Crippen LogP contribution in [0.3, 0.4) is 0 Å². The lowest BCUT2D eigenvalue weighted by Gasteiger charge is -2.15. The fourth-order valence-electron chi connectivity index (χ4n) is 2.52. The van der Waals surface area contributed by atoms with Gasteiger partial charge in [-0.2, -0.15) is 5.01 Å². The number of benzene rings is 1. The molecule has 1 saturated heterocycles. The van der Waals surface area contributed by atoms with E-state index >= 15 is 0 Å². The highest BCUT2D eigenvalue weighted by atomic mass is 32.2. The average molecular weight is 396 g/mol. The number of hydrogen-bond acceptors (Lipinski definition) is 7. The van der Waals surface area contributed by atoms with Crippen molar-refractivity contribution in [3.63, 3.8) is 0 Å². The van der Waals surface area contributed by atoms with Crippen LogP contribution < -0.4 is 5.43 Å². The summed E-state index contributed by atoms with van der Waals surface area (Å²) in [5.74, 6) is -0.432. The first-order chi connectivity index (χ1) is 13.0. The molecule has 1 aromatic carbocycles. The third kappa shape index (κ3) is 3.34. The molecule has 0 aliphatic carbocycles. The summed E-state index contributed by atoms with van der Waals surface area (Å²) in [5, 5.41) is 1.05. The van der Waals surface area contributed by atoms with Gasteiger partial charge in [-0.15, -0.1) is 0 Å². The van der Waals surface area contributed by atoms with E-state index in [0.29, 0.717) is 21.9 Å². The summed E-state index contributed by atoms with van der Waals surface area (Å²) >= 11 is 6.31. The lowest BCUT2D eigenvalue weighted by molar-refractivity contribution is -0.123. The summed E-state index contributed by atoms with van der Waals surface area (Å²) in [7, 11) is 0. The predicted octanol–water partition coefficient (Wildman–Crippen LogP) is 3.08. The van der Waals surface area contributed by atoms with Gasteiger partial charge in [0.15, 0.2) is 4.32 Å². The van der Waals surface area contributed by atoms with Gasteiger partial charge in [-0.1, -0.05) is 23.9 Å². The third-order valence-electron chi connectivity index (χ3n) is 3.86. The smallest absolute Gasteiger partial charge is 0.285 e. The number of fused-ring (bicyclic) bond motifs is 1.